The molecule has 96 valence electrons. The molecule has 0 saturated carbocycles. The maximum Gasteiger partial charge on any atom is 0.226 e. The molecule has 2 aliphatic heterocycles. The number of hydrogen-bond donors (Lipinski definition) is 1. The number of carbonyl (C=O) groups is 2. The van der Waals surface area contributed by atoms with Crippen LogP contribution in [-0.2, 0) is 9.59 Å². The van der Waals surface area contributed by atoms with E-state index in [1.54, 1.807) is 11.9 Å². The first-order valence-electron chi connectivity index (χ1n) is 6.34. The molecule has 2 amide bonds. The van der Waals surface area contributed by atoms with Crippen LogP contribution in [0.15, 0.2) is 0 Å². The van der Waals surface area contributed by atoms with Gasteiger partial charge in [0.25, 0.3) is 0 Å². The Kier molecular flexibility index (Phi) is 3.66. The zero-order valence-corrected chi connectivity index (χ0v) is 10.6. The van der Waals surface area contributed by atoms with Crippen molar-refractivity contribution in [3.05, 3.63) is 0 Å². The SMILES string of the molecule is C[C@@H]1CNCCN1C(=O)[C@H]1CCN(C)C(=O)C1. The minimum atomic E-state index is -0.0979. The van der Waals surface area contributed by atoms with Gasteiger partial charge in [-0.2, -0.15) is 0 Å². The lowest BCUT2D eigenvalue weighted by molar-refractivity contribution is -0.146. The highest BCUT2D eigenvalue weighted by atomic mass is 16.2. The minimum Gasteiger partial charge on any atom is -0.346 e. The van der Waals surface area contributed by atoms with Crippen LogP contribution in [0.25, 0.3) is 0 Å². The van der Waals surface area contributed by atoms with Gasteiger partial charge >= 0.3 is 0 Å². The Balaban J connectivity index is 1.97. The van der Waals surface area contributed by atoms with Crippen molar-refractivity contribution in [2.75, 3.05) is 33.2 Å². The Morgan fingerprint density at radius 2 is 2.18 bits per heavy atom. The predicted octanol–water partition coefficient (Wildman–Crippen LogP) is -0.325. The number of amides is 2. The molecular weight excluding hydrogens is 218 g/mol. The van der Waals surface area contributed by atoms with Gasteiger partial charge in [-0.3, -0.25) is 9.59 Å². The van der Waals surface area contributed by atoms with Crippen LogP contribution in [0.4, 0.5) is 0 Å². The van der Waals surface area contributed by atoms with Gasteiger partial charge in [-0.1, -0.05) is 0 Å². The van der Waals surface area contributed by atoms with Gasteiger partial charge in [0.2, 0.25) is 11.8 Å². The molecule has 2 atom stereocenters. The molecule has 2 aliphatic rings. The van der Waals surface area contributed by atoms with E-state index < -0.39 is 0 Å². The third kappa shape index (κ3) is 2.60. The molecule has 0 unspecified atom stereocenters. The van der Waals surface area contributed by atoms with E-state index >= 15 is 0 Å². The van der Waals surface area contributed by atoms with Crippen LogP contribution in [0.3, 0.4) is 0 Å². The summed E-state index contributed by atoms with van der Waals surface area (Å²) < 4.78 is 0. The standard InChI is InChI=1S/C12H21N3O2/c1-9-8-13-4-6-15(9)12(17)10-3-5-14(2)11(16)7-10/h9-10,13H,3-8H2,1-2H3/t9-,10+/m1/s1. The second kappa shape index (κ2) is 5.04. The van der Waals surface area contributed by atoms with E-state index in [0.29, 0.717) is 13.0 Å². The van der Waals surface area contributed by atoms with E-state index in [2.05, 4.69) is 12.2 Å². The monoisotopic (exact) mass is 239 g/mol. The number of carbonyl (C=O) groups excluding carboxylic acids is 2. The van der Waals surface area contributed by atoms with Gasteiger partial charge in [0.1, 0.15) is 0 Å². The van der Waals surface area contributed by atoms with Gasteiger partial charge in [-0.05, 0) is 13.3 Å². The average molecular weight is 239 g/mol. The van der Waals surface area contributed by atoms with Crippen molar-refractivity contribution in [2.45, 2.75) is 25.8 Å². The molecule has 2 heterocycles. The molecular formula is C12H21N3O2. The van der Waals surface area contributed by atoms with Crippen LogP contribution in [0, 0.1) is 5.92 Å². The molecule has 0 spiro atoms. The van der Waals surface area contributed by atoms with E-state index in [9.17, 15) is 9.59 Å². The summed E-state index contributed by atoms with van der Waals surface area (Å²) >= 11 is 0. The van der Waals surface area contributed by atoms with Gasteiger partial charge in [-0.15, -0.1) is 0 Å². The van der Waals surface area contributed by atoms with Crippen LogP contribution in [0.2, 0.25) is 0 Å². The molecule has 2 rings (SSSR count). The third-order valence-electron chi connectivity index (χ3n) is 3.79. The van der Waals surface area contributed by atoms with E-state index in [0.717, 1.165) is 26.1 Å². The number of rotatable bonds is 1. The number of likely N-dealkylation sites (tertiary alicyclic amines) is 1. The lowest BCUT2D eigenvalue weighted by atomic mass is 9.94. The molecule has 0 radical (unpaired) electrons. The van der Waals surface area contributed by atoms with Crippen LogP contribution in [0.1, 0.15) is 19.8 Å². The van der Waals surface area contributed by atoms with Gasteiger partial charge in [0.05, 0.1) is 0 Å². The van der Waals surface area contributed by atoms with E-state index in [1.165, 1.54) is 0 Å². The molecule has 5 nitrogen and oxygen atoms in total. The fraction of sp³-hybridized carbons (Fsp3) is 0.833. The molecule has 1 N–H and O–H groups in total. The average Bonchev–Trinajstić information content (AvgIpc) is 2.32. The van der Waals surface area contributed by atoms with Crippen molar-refractivity contribution >= 4 is 11.8 Å². The van der Waals surface area contributed by atoms with Crippen molar-refractivity contribution < 1.29 is 9.59 Å². The van der Waals surface area contributed by atoms with Gasteiger partial charge in [0.15, 0.2) is 0 Å². The highest BCUT2D eigenvalue weighted by Crippen LogP contribution is 2.21. The van der Waals surface area contributed by atoms with E-state index in [4.69, 9.17) is 0 Å². The van der Waals surface area contributed by atoms with Crippen LogP contribution in [-0.4, -0.2) is 60.9 Å². The molecule has 5 heteroatoms. The summed E-state index contributed by atoms with van der Waals surface area (Å²) in [4.78, 5) is 27.6. The fourth-order valence-electron chi connectivity index (χ4n) is 2.56. The number of nitrogens with zero attached hydrogens (tertiary/aromatic N) is 2. The largest absolute Gasteiger partial charge is 0.346 e. The lowest BCUT2D eigenvalue weighted by Crippen LogP contribution is -2.55. The topological polar surface area (TPSA) is 52.7 Å². The summed E-state index contributed by atoms with van der Waals surface area (Å²) in [6.07, 6.45) is 1.18. The first-order valence-corrected chi connectivity index (χ1v) is 6.34. The lowest BCUT2D eigenvalue weighted by Gasteiger charge is -2.38. The molecule has 0 bridgehead atoms. The van der Waals surface area contributed by atoms with Gasteiger partial charge < -0.3 is 15.1 Å². The molecule has 2 fully saturated rings. The van der Waals surface area contributed by atoms with E-state index in [-0.39, 0.29) is 23.8 Å². The number of hydrogen-bond acceptors (Lipinski definition) is 3. The van der Waals surface area contributed by atoms with Crippen LogP contribution in [0.5, 0.6) is 0 Å². The second-order valence-electron chi connectivity index (χ2n) is 5.09. The quantitative estimate of drug-likeness (QED) is 0.682. The first-order chi connectivity index (χ1) is 8.09. The molecule has 0 aromatic heterocycles. The molecule has 2 saturated heterocycles. The Labute approximate surface area is 102 Å². The summed E-state index contributed by atoms with van der Waals surface area (Å²) in [5, 5.41) is 3.27. The van der Waals surface area contributed by atoms with Crippen molar-refractivity contribution in [1.29, 1.82) is 0 Å². The summed E-state index contributed by atoms with van der Waals surface area (Å²) in [5.74, 6) is 0.164. The van der Waals surface area contributed by atoms with Gasteiger partial charge in [0, 0.05) is 51.6 Å². The van der Waals surface area contributed by atoms with Crippen LogP contribution >= 0.6 is 0 Å². The maximum atomic E-state index is 12.3. The minimum absolute atomic E-state index is 0.0948. The highest BCUT2D eigenvalue weighted by molar-refractivity contribution is 5.87. The Morgan fingerprint density at radius 3 is 2.82 bits per heavy atom. The normalized spacial score (nSPS) is 30.6. The van der Waals surface area contributed by atoms with Gasteiger partial charge in [-0.25, -0.2) is 0 Å². The Morgan fingerprint density at radius 1 is 1.41 bits per heavy atom. The summed E-state index contributed by atoms with van der Waals surface area (Å²) in [7, 11) is 1.80. The molecule has 0 aromatic carbocycles. The molecule has 0 aromatic rings. The Bertz CT molecular complexity index is 319. The second-order valence-corrected chi connectivity index (χ2v) is 5.09. The fourth-order valence-corrected chi connectivity index (χ4v) is 2.56. The van der Waals surface area contributed by atoms with Crippen molar-refractivity contribution in [2.24, 2.45) is 5.92 Å². The summed E-state index contributed by atoms with van der Waals surface area (Å²) in [6.45, 7) is 5.24. The third-order valence-corrected chi connectivity index (χ3v) is 3.79. The smallest absolute Gasteiger partial charge is 0.226 e. The maximum absolute atomic E-state index is 12.3. The van der Waals surface area contributed by atoms with Crippen LogP contribution < -0.4 is 5.32 Å². The first kappa shape index (κ1) is 12.4. The molecule has 17 heavy (non-hydrogen) atoms. The zero-order chi connectivity index (χ0) is 12.4. The van der Waals surface area contributed by atoms with Crippen molar-refractivity contribution in [3.63, 3.8) is 0 Å². The number of piperidine rings is 1. The van der Waals surface area contributed by atoms with E-state index in [1.807, 2.05) is 4.90 Å². The number of piperazine rings is 1. The summed E-state index contributed by atoms with van der Waals surface area (Å²) in [6, 6.07) is 0.242. The zero-order valence-electron chi connectivity index (χ0n) is 10.6. The van der Waals surface area contributed by atoms with Crippen molar-refractivity contribution in [1.82, 2.24) is 15.1 Å². The number of nitrogens with one attached hydrogen (secondary N) is 1. The predicted molar refractivity (Wildman–Crippen MR) is 64.4 cm³/mol. The molecule has 0 aliphatic carbocycles. The highest BCUT2D eigenvalue weighted by Gasteiger charge is 2.33. The van der Waals surface area contributed by atoms with Crippen molar-refractivity contribution in [3.8, 4) is 0 Å². The summed E-state index contributed by atoms with van der Waals surface area (Å²) in [5.41, 5.74) is 0. The Hall–Kier alpha value is -1.10.